The number of nitrogens with zero attached hydrogens (tertiary/aromatic N) is 1. The second-order valence-corrected chi connectivity index (χ2v) is 5.63. The zero-order chi connectivity index (χ0) is 13.7. The summed E-state index contributed by atoms with van der Waals surface area (Å²) in [6.07, 6.45) is 4.84. The van der Waals surface area contributed by atoms with E-state index >= 15 is 0 Å². The molecule has 0 aliphatic heterocycles. The van der Waals surface area contributed by atoms with Crippen molar-refractivity contribution in [2.45, 2.75) is 44.6 Å². The fourth-order valence-electron chi connectivity index (χ4n) is 2.71. The summed E-state index contributed by atoms with van der Waals surface area (Å²) in [7, 11) is 0. The molecule has 1 aliphatic rings. The molecule has 1 N–H and O–H groups in total. The van der Waals surface area contributed by atoms with Gasteiger partial charge in [-0.25, -0.2) is 0 Å². The molecule has 0 aromatic heterocycles. The molecule has 1 fully saturated rings. The summed E-state index contributed by atoms with van der Waals surface area (Å²) in [6.45, 7) is 2.08. The summed E-state index contributed by atoms with van der Waals surface area (Å²) in [5, 5.41) is 12.3. The molecule has 2 rings (SSSR count). The number of amides is 1. The van der Waals surface area contributed by atoms with Gasteiger partial charge in [-0.05, 0) is 31.7 Å². The quantitative estimate of drug-likeness (QED) is 0.900. The van der Waals surface area contributed by atoms with Crippen molar-refractivity contribution in [3.8, 4) is 6.07 Å². The second-order valence-electron chi connectivity index (χ2n) is 5.63. The average molecular weight is 256 g/mol. The molecule has 0 heterocycles. The standard InChI is InChI=1S/C16H20N2O/c1-16(9-5-6-10-16)18-15(19)14(12-17)11-13-7-3-2-4-8-13/h2-4,7-8,14H,5-6,9-11H2,1H3,(H,18,19). The van der Waals surface area contributed by atoms with Gasteiger partial charge in [-0.2, -0.15) is 5.26 Å². The summed E-state index contributed by atoms with van der Waals surface area (Å²) in [5.74, 6) is -0.726. The highest BCUT2D eigenvalue weighted by molar-refractivity contribution is 5.82. The number of hydrogen-bond donors (Lipinski definition) is 1. The van der Waals surface area contributed by atoms with Crippen molar-refractivity contribution < 1.29 is 4.79 Å². The van der Waals surface area contributed by atoms with Gasteiger partial charge in [-0.3, -0.25) is 4.79 Å². The van der Waals surface area contributed by atoms with E-state index < -0.39 is 5.92 Å². The Hall–Kier alpha value is -1.82. The van der Waals surface area contributed by atoms with E-state index in [1.165, 1.54) is 0 Å². The third-order valence-electron chi connectivity index (χ3n) is 3.89. The Kier molecular flexibility index (Phi) is 4.21. The molecule has 1 aliphatic carbocycles. The van der Waals surface area contributed by atoms with E-state index in [1.807, 2.05) is 30.3 Å². The highest BCUT2D eigenvalue weighted by atomic mass is 16.2. The van der Waals surface area contributed by atoms with E-state index in [0.717, 1.165) is 31.2 Å². The van der Waals surface area contributed by atoms with E-state index in [1.54, 1.807) is 0 Å². The Labute approximate surface area is 114 Å². The lowest BCUT2D eigenvalue weighted by Crippen LogP contribution is -2.46. The number of nitriles is 1. The van der Waals surface area contributed by atoms with Gasteiger partial charge in [0.2, 0.25) is 5.91 Å². The zero-order valence-corrected chi connectivity index (χ0v) is 11.4. The molecule has 1 atom stereocenters. The highest BCUT2D eigenvalue weighted by Crippen LogP contribution is 2.29. The van der Waals surface area contributed by atoms with E-state index in [-0.39, 0.29) is 11.4 Å². The Morgan fingerprint density at radius 2 is 2.00 bits per heavy atom. The minimum atomic E-state index is -0.597. The molecule has 100 valence electrons. The van der Waals surface area contributed by atoms with Crippen molar-refractivity contribution in [1.82, 2.24) is 5.32 Å². The molecule has 1 unspecified atom stereocenters. The molecule has 0 bridgehead atoms. The van der Waals surface area contributed by atoms with Crippen molar-refractivity contribution >= 4 is 5.91 Å². The van der Waals surface area contributed by atoms with Crippen LogP contribution in [0.3, 0.4) is 0 Å². The van der Waals surface area contributed by atoms with Crippen molar-refractivity contribution in [2.24, 2.45) is 5.92 Å². The topological polar surface area (TPSA) is 52.9 Å². The van der Waals surface area contributed by atoms with E-state index in [9.17, 15) is 10.1 Å². The minimum absolute atomic E-state index is 0.108. The van der Waals surface area contributed by atoms with E-state index in [0.29, 0.717) is 6.42 Å². The van der Waals surface area contributed by atoms with Gasteiger partial charge in [0.15, 0.2) is 0 Å². The molecule has 1 amide bonds. The number of rotatable bonds is 4. The maximum Gasteiger partial charge on any atom is 0.238 e. The van der Waals surface area contributed by atoms with Crippen LogP contribution < -0.4 is 5.32 Å². The number of hydrogen-bond acceptors (Lipinski definition) is 2. The molecule has 1 aromatic carbocycles. The molecular weight excluding hydrogens is 236 g/mol. The second kappa shape index (κ2) is 5.88. The predicted molar refractivity (Wildman–Crippen MR) is 74.3 cm³/mol. The third-order valence-corrected chi connectivity index (χ3v) is 3.89. The monoisotopic (exact) mass is 256 g/mol. The Morgan fingerprint density at radius 3 is 2.58 bits per heavy atom. The highest BCUT2D eigenvalue weighted by Gasteiger charge is 2.32. The van der Waals surface area contributed by atoms with Crippen LogP contribution >= 0.6 is 0 Å². The molecule has 1 saturated carbocycles. The number of benzene rings is 1. The molecule has 0 saturated heterocycles. The molecular formula is C16H20N2O. The van der Waals surface area contributed by atoms with Gasteiger partial charge in [0.05, 0.1) is 6.07 Å². The first kappa shape index (κ1) is 13.6. The minimum Gasteiger partial charge on any atom is -0.350 e. The largest absolute Gasteiger partial charge is 0.350 e. The summed E-state index contributed by atoms with van der Waals surface area (Å²) in [6, 6.07) is 11.8. The first-order chi connectivity index (χ1) is 9.13. The van der Waals surface area contributed by atoms with Crippen LogP contribution in [0.5, 0.6) is 0 Å². The van der Waals surface area contributed by atoms with E-state index in [2.05, 4.69) is 18.3 Å². The predicted octanol–water partition coefficient (Wildman–Crippen LogP) is 2.82. The Bertz CT molecular complexity index is 469. The Morgan fingerprint density at radius 1 is 1.37 bits per heavy atom. The van der Waals surface area contributed by atoms with Gasteiger partial charge < -0.3 is 5.32 Å². The smallest absolute Gasteiger partial charge is 0.238 e. The molecule has 3 nitrogen and oxygen atoms in total. The summed E-state index contributed by atoms with van der Waals surface area (Å²) >= 11 is 0. The van der Waals surface area contributed by atoms with Crippen molar-refractivity contribution in [3.63, 3.8) is 0 Å². The van der Waals surface area contributed by atoms with Crippen LogP contribution in [-0.2, 0) is 11.2 Å². The normalized spacial score (nSPS) is 18.5. The van der Waals surface area contributed by atoms with Gasteiger partial charge in [-0.1, -0.05) is 43.2 Å². The number of carbonyl (C=O) groups excluding carboxylic acids is 1. The van der Waals surface area contributed by atoms with Gasteiger partial charge >= 0.3 is 0 Å². The maximum atomic E-state index is 12.2. The molecule has 1 aromatic rings. The maximum absolute atomic E-state index is 12.2. The number of carbonyl (C=O) groups is 1. The van der Waals surface area contributed by atoms with Crippen LogP contribution in [0.2, 0.25) is 0 Å². The van der Waals surface area contributed by atoms with Gasteiger partial charge in [0, 0.05) is 5.54 Å². The van der Waals surface area contributed by atoms with Gasteiger partial charge in [0.25, 0.3) is 0 Å². The van der Waals surface area contributed by atoms with Crippen LogP contribution in [0.25, 0.3) is 0 Å². The lowest BCUT2D eigenvalue weighted by Gasteiger charge is -2.26. The van der Waals surface area contributed by atoms with Crippen molar-refractivity contribution in [3.05, 3.63) is 35.9 Å². The van der Waals surface area contributed by atoms with Crippen LogP contribution in [0, 0.1) is 17.2 Å². The van der Waals surface area contributed by atoms with Crippen LogP contribution in [0.1, 0.15) is 38.2 Å². The van der Waals surface area contributed by atoms with Crippen LogP contribution in [-0.4, -0.2) is 11.4 Å². The average Bonchev–Trinajstić information content (AvgIpc) is 2.83. The van der Waals surface area contributed by atoms with Crippen LogP contribution in [0.15, 0.2) is 30.3 Å². The SMILES string of the molecule is CC1(NC(=O)C(C#N)Cc2ccccc2)CCCC1. The summed E-state index contributed by atoms with van der Waals surface area (Å²) < 4.78 is 0. The number of nitrogens with one attached hydrogen (secondary N) is 1. The first-order valence-electron chi connectivity index (χ1n) is 6.88. The molecule has 19 heavy (non-hydrogen) atoms. The van der Waals surface area contributed by atoms with E-state index in [4.69, 9.17) is 0 Å². The Balaban J connectivity index is 1.98. The lowest BCUT2D eigenvalue weighted by molar-refractivity contribution is -0.125. The van der Waals surface area contributed by atoms with Gasteiger partial charge in [0.1, 0.15) is 5.92 Å². The lowest BCUT2D eigenvalue weighted by atomic mass is 9.96. The molecule has 0 radical (unpaired) electrons. The fraction of sp³-hybridized carbons (Fsp3) is 0.500. The summed E-state index contributed by atoms with van der Waals surface area (Å²) in [4.78, 5) is 12.2. The third kappa shape index (κ3) is 3.57. The van der Waals surface area contributed by atoms with Gasteiger partial charge in [-0.15, -0.1) is 0 Å². The molecule has 3 heteroatoms. The van der Waals surface area contributed by atoms with Crippen molar-refractivity contribution in [2.75, 3.05) is 0 Å². The molecule has 0 spiro atoms. The van der Waals surface area contributed by atoms with Crippen molar-refractivity contribution in [1.29, 1.82) is 5.26 Å². The van der Waals surface area contributed by atoms with Crippen LogP contribution in [0.4, 0.5) is 0 Å². The first-order valence-corrected chi connectivity index (χ1v) is 6.88. The fourth-order valence-corrected chi connectivity index (χ4v) is 2.71. The zero-order valence-electron chi connectivity index (χ0n) is 11.4. The summed E-state index contributed by atoms with van der Waals surface area (Å²) in [5.41, 5.74) is 0.920.